The summed E-state index contributed by atoms with van der Waals surface area (Å²) in [5, 5.41) is 13.1. The first-order valence-corrected chi connectivity index (χ1v) is 9.48. The molecule has 0 aliphatic carbocycles. The van der Waals surface area contributed by atoms with Crippen molar-refractivity contribution in [2.45, 2.75) is 38.5 Å². The summed E-state index contributed by atoms with van der Waals surface area (Å²) in [7, 11) is 0. The molecule has 1 aliphatic rings. The predicted octanol–water partition coefficient (Wildman–Crippen LogP) is 2.60. The zero-order valence-electron chi connectivity index (χ0n) is 14.9. The lowest BCUT2D eigenvalue weighted by atomic mass is 10.1. The molecule has 142 valence electrons. The van der Waals surface area contributed by atoms with Crippen molar-refractivity contribution in [1.29, 1.82) is 0 Å². The molecule has 3 aromatic rings. The molecule has 0 saturated heterocycles. The second-order valence-corrected chi connectivity index (χ2v) is 7.22. The van der Waals surface area contributed by atoms with Crippen LogP contribution >= 0.6 is 11.6 Å². The van der Waals surface area contributed by atoms with Gasteiger partial charge in [0, 0.05) is 32.2 Å². The van der Waals surface area contributed by atoms with Crippen LogP contribution in [-0.4, -0.2) is 32.1 Å². The number of rotatable bonds is 6. The van der Waals surface area contributed by atoms with Crippen LogP contribution in [0.25, 0.3) is 11.4 Å². The molecule has 4 rings (SSSR count). The minimum absolute atomic E-state index is 0.0439. The van der Waals surface area contributed by atoms with Crippen LogP contribution in [0.4, 0.5) is 4.39 Å². The van der Waals surface area contributed by atoms with Gasteiger partial charge in [-0.25, -0.2) is 4.39 Å². The van der Waals surface area contributed by atoms with E-state index in [0.29, 0.717) is 24.5 Å². The molecule has 3 heterocycles. The summed E-state index contributed by atoms with van der Waals surface area (Å²) in [5.41, 5.74) is 9.66. The summed E-state index contributed by atoms with van der Waals surface area (Å²) >= 11 is 6.33. The van der Waals surface area contributed by atoms with Crippen molar-refractivity contribution in [1.82, 2.24) is 24.9 Å². The molecule has 0 unspecified atom stereocenters. The third kappa shape index (κ3) is 3.90. The highest BCUT2D eigenvalue weighted by molar-refractivity contribution is 6.32. The predicted molar refractivity (Wildman–Crippen MR) is 103 cm³/mol. The molecule has 0 amide bonds. The fourth-order valence-electron chi connectivity index (χ4n) is 3.51. The van der Waals surface area contributed by atoms with Gasteiger partial charge in [-0.05, 0) is 36.6 Å². The van der Waals surface area contributed by atoms with Gasteiger partial charge in [-0.1, -0.05) is 23.7 Å². The number of nitrogens with two attached hydrogens (primary N) is 1. The van der Waals surface area contributed by atoms with E-state index in [-0.39, 0.29) is 11.9 Å². The Morgan fingerprint density at radius 2 is 2.11 bits per heavy atom. The van der Waals surface area contributed by atoms with Crippen molar-refractivity contribution in [3.8, 4) is 11.4 Å². The highest BCUT2D eigenvalue weighted by Crippen LogP contribution is 2.30. The maximum atomic E-state index is 13.4. The van der Waals surface area contributed by atoms with Crippen LogP contribution < -0.4 is 11.1 Å². The van der Waals surface area contributed by atoms with Crippen LogP contribution in [-0.2, 0) is 26.1 Å². The van der Waals surface area contributed by atoms with Crippen LogP contribution in [0.15, 0.2) is 36.5 Å². The van der Waals surface area contributed by atoms with E-state index < -0.39 is 0 Å². The number of hydrogen-bond donors (Lipinski definition) is 2. The van der Waals surface area contributed by atoms with Gasteiger partial charge < -0.3 is 11.1 Å². The third-order valence-electron chi connectivity index (χ3n) is 4.84. The number of nitrogens with one attached hydrogen (secondary N) is 1. The van der Waals surface area contributed by atoms with Gasteiger partial charge in [-0.15, -0.1) is 0 Å². The van der Waals surface area contributed by atoms with E-state index >= 15 is 0 Å². The Balaban J connectivity index is 1.47. The summed E-state index contributed by atoms with van der Waals surface area (Å²) in [5.74, 6) is -0.227. The number of halogens is 2. The number of aryl methyl sites for hydroxylation is 2. The average Bonchev–Trinajstić information content (AvgIpc) is 3.17. The van der Waals surface area contributed by atoms with E-state index in [1.807, 2.05) is 21.5 Å². The van der Waals surface area contributed by atoms with Crippen molar-refractivity contribution >= 4 is 11.6 Å². The zero-order chi connectivity index (χ0) is 18.8. The first kappa shape index (κ1) is 18.2. The molecule has 6 nitrogen and oxygen atoms in total. The Hall–Kier alpha value is -2.22. The SMILES string of the molecule is NC[C@H](Cc1cccc(F)c1)NCc1cc2n(n1)CCCn1ncc(Cl)c1-2. The Morgan fingerprint density at radius 3 is 2.93 bits per heavy atom. The molecule has 0 bridgehead atoms. The number of fused-ring (bicyclic) bond motifs is 3. The molecule has 1 aliphatic heterocycles. The Kier molecular flexibility index (Phi) is 5.24. The summed E-state index contributed by atoms with van der Waals surface area (Å²) in [4.78, 5) is 0. The third-order valence-corrected chi connectivity index (χ3v) is 5.11. The first-order valence-electron chi connectivity index (χ1n) is 9.10. The van der Waals surface area contributed by atoms with Crippen LogP contribution in [0, 0.1) is 5.82 Å². The largest absolute Gasteiger partial charge is 0.329 e. The van der Waals surface area contributed by atoms with Crippen molar-refractivity contribution in [3.63, 3.8) is 0 Å². The zero-order valence-corrected chi connectivity index (χ0v) is 15.7. The van der Waals surface area contributed by atoms with Gasteiger partial charge in [0.25, 0.3) is 0 Å². The van der Waals surface area contributed by atoms with Crippen LogP contribution in [0.5, 0.6) is 0 Å². The lowest BCUT2D eigenvalue weighted by Crippen LogP contribution is -2.37. The van der Waals surface area contributed by atoms with E-state index in [1.165, 1.54) is 6.07 Å². The molecular weight excluding hydrogens is 367 g/mol. The standard InChI is InChI=1S/C19H22ClFN6/c20-17-12-24-27-6-2-5-26-18(19(17)27)9-16(25-26)11-23-15(10-22)8-13-3-1-4-14(21)7-13/h1,3-4,7,9,12,15,23H,2,5-6,8,10-11,22H2/t15-/m0/s1. The highest BCUT2D eigenvalue weighted by atomic mass is 35.5. The normalized spacial score (nSPS) is 14.5. The molecule has 0 fully saturated rings. The maximum Gasteiger partial charge on any atom is 0.123 e. The molecular formula is C19H22ClFN6. The Morgan fingerprint density at radius 1 is 1.26 bits per heavy atom. The summed E-state index contributed by atoms with van der Waals surface area (Å²) in [6.07, 6.45) is 3.30. The topological polar surface area (TPSA) is 73.7 Å². The van der Waals surface area contributed by atoms with E-state index in [0.717, 1.165) is 42.2 Å². The second-order valence-electron chi connectivity index (χ2n) is 6.81. The van der Waals surface area contributed by atoms with Crippen LogP contribution in [0.1, 0.15) is 17.7 Å². The van der Waals surface area contributed by atoms with Crippen molar-refractivity contribution in [2.24, 2.45) is 5.73 Å². The fraction of sp³-hybridized carbons (Fsp3) is 0.368. The van der Waals surface area contributed by atoms with Crippen LogP contribution in [0.2, 0.25) is 5.02 Å². The molecule has 2 aromatic heterocycles. The lowest BCUT2D eigenvalue weighted by Gasteiger charge is -2.16. The van der Waals surface area contributed by atoms with Gasteiger partial charge in [0.1, 0.15) is 11.5 Å². The average molecular weight is 389 g/mol. The van der Waals surface area contributed by atoms with Gasteiger partial charge in [-0.2, -0.15) is 10.2 Å². The highest BCUT2D eigenvalue weighted by Gasteiger charge is 2.21. The monoisotopic (exact) mass is 388 g/mol. The van der Waals surface area contributed by atoms with Gasteiger partial charge in [0.15, 0.2) is 0 Å². The molecule has 0 radical (unpaired) electrons. The van der Waals surface area contributed by atoms with Crippen LogP contribution in [0.3, 0.4) is 0 Å². The molecule has 0 spiro atoms. The number of hydrogen-bond acceptors (Lipinski definition) is 4. The Bertz CT molecular complexity index is 934. The second kappa shape index (κ2) is 7.80. The molecule has 8 heteroatoms. The molecule has 3 N–H and O–H groups in total. The minimum Gasteiger partial charge on any atom is -0.329 e. The van der Waals surface area contributed by atoms with E-state index in [1.54, 1.807) is 18.3 Å². The van der Waals surface area contributed by atoms with Crippen molar-refractivity contribution < 1.29 is 4.39 Å². The molecule has 1 aromatic carbocycles. The minimum atomic E-state index is -0.227. The number of nitrogens with zero attached hydrogens (tertiary/aromatic N) is 4. The fourth-order valence-corrected chi connectivity index (χ4v) is 3.75. The summed E-state index contributed by atoms with van der Waals surface area (Å²) < 4.78 is 17.3. The summed E-state index contributed by atoms with van der Waals surface area (Å²) in [6, 6.07) is 8.72. The van der Waals surface area contributed by atoms with Crippen molar-refractivity contribution in [2.75, 3.05) is 6.54 Å². The smallest absolute Gasteiger partial charge is 0.123 e. The van der Waals surface area contributed by atoms with Gasteiger partial charge >= 0.3 is 0 Å². The number of benzene rings is 1. The first-order chi connectivity index (χ1) is 13.1. The van der Waals surface area contributed by atoms with Gasteiger partial charge in [-0.3, -0.25) is 9.36 Å². The molecule has 27 heavy (non-hydrogen) atoms. The quantitative estimate of drug-likeness (QED) is 0.680. The lowest BCUT2D eigenvalue weighted by molar-refractivity contribution is 0.496. The van der Waals surface area contributed by atoms with Gasteiger partial charge in [0.2, 0.25) is 0 Å². The van der Waals surface area contributed by atoms with E-state index in [4.69, 9.17) is 22.4 Å². The molecule has 0 saturated carbocycles. The molecule has 1 atom stereocenters. The van der Waals surface area contributed by atoms with E-state index in [2.05, 4.69) is 10.4 Å². The Labute approximate surface area is 162 Å². The van der Waals surface area contributed by atoms with Crippen molar-refractivity contribution in [3.05, 3.63) is 58.6 Å². The summed E-state index contributed by atoms with van der Waals surface area (Å²) in [6.45, 7) is 2.71. The van der Waals surface area contributed by atoms with Gasteiger partial charge in [0.05, 0.1) is 22.6 Å². The van der Waals surface area contributed by atoms with E-state index in [9.17, 15) is 4.39 Å². The number of aromatic nitrogens is 4. The maximum absolute atomic E-state index is 13.4.